The van der Waals surface area contributed by atoms with Crippen molar-refractivity contribution < 1.29 is 4.79 Å². The summed E-state index contributed by atoms with van der Waals surface area (Å²) in [4.78, 5) is 20.1. The van der Waals surface area contributed by atoms with Crippen molar-refractivity contribution in [3.05, 3.63) is 101 Å². The molecule has 134 valence electrons. The van der Waals surface area contributed by atoms with Crippen LogP contribution in [0.3, 0.4) is 0 Å². The molecular formula is C22H19N3OS. The van der Waals surface area contributed by atoms with Gasteiger partial charge in [-0.3, -0.25) is 9.20 Å². The number of aromatic nitrogens is 2. The van der Waals surface area contributed by atoms with E-state index >= 15 is 0 Å². The molecule has 27 heavy (non-hydrogen) atoms. The number of hydrogen-bond donors (Lipinski definition) is 0. The van der Waals surface area contributed by atoms with Gasteiger partial charge in [-0.05, 0) is 17.2 Å². The zero-order valence-electron chi connectivity index (χ0n) is 14.7. The molecule has 0 saturated heterocycles. The van der Waals surface area contributed by atoms with Crippen molar-refractivity contribution in [2.24, 2.45) is 0 Å². The number of benzene rings is 2. The van der Waals surface area contributed by atoms with Gasteiger partial charge in [0.25, 0.3) is 0 Å². The summed E-state index contributed by atoms with van der Waals surface area (Å²) in [7, 11) is 0. The highest BCUT2D eigenvalue weighted by Gasteiger charge is 2.12. The Kier molecular flexibility index (Phi) is 5.12. The third-order valence-electron chi connectivity index (χ3n) is 4.32. The Morgan fingerprint density at radius 1 is 1.00 bits per heavy atom. The number of carbonyl (C=O) groups is 1. The molecule has 0 N–H and O–H groups in total. The van der Waals surface area contributed by atoms with Gasteiger partial charge >= 0.3 is 0 Å². The predicted molar refractivity (Wildman–Crippen MR) is 109 cm³/mol. The van der Waals surface area contributed by atoms with Crippen LogP contribution in [0.15, 0.2) is 84.5 Å². The van der Waals surface area contributed by atoms with Gasteiger partial charge in [-0.2, -0.15) is 0 Å². The highest BCUT2D eigenvalue weighted by atomic mass is 32.1. The smallest absolute Gasteiger partial charge is 0.247 e. The molecule has 1 amide bonds. The van der Waals surface area contributed by atoms with E-state index in [1.165, 1.54) is 0 Å². The summed E-state index contributed by atoms with van der Waals surface area (Å²) in [6.07, 6.45) is 7.21. The molecule has 2 aromatic heterocycles. The molecule has 0 aliphatic heterocycles. The summed E-state index contributed by atoms with van der Waals surface area (Å²) in [5.41, 5.74) is 3.12. The molecule has 2 aromatic carbocycles. The van der Waals surface area contributed by atoms with Gasteiger partial charge in [0.2, 0.25) is 5.91 Å². The average Bonchev–Trinajstić information content (AvgIpc) is 3.31. The molecule has 0 unspecified atom stereocenters. The number of nitrogens with zero attached hydrogens (tertiary/aromatic N) is 3. The molecule has 0 spiro atoms. The normalized spacial score (nSPS) is 11.3. The van der Waals surface area contributed by atoms with Crippen molar-refractivity contribution in [1.29, 1.82) is 0 Å². The first kappa shape index (κ1) is 17.2. The van der Waals surface area contributed by atoms with Crippen LogP contribution in [0, 0.1) is 0 Å². The fraction of sp³-hybridized carbons (Fsp3) is 0.0909. The van der Waals surface area contributed by atoms with Gasteiger partial charge < -0.3 is 4.90 Å². The summed E-state index contributed by atoms with van der Waals surface area (Å²) in [5, 5.41) is 1.98. The zero-order chi connectivity index (χ0) is 18.5. The number of amides is 1. The molecule has 0 aliphatic rings. The molecule has 4 nitrogen and oxygen atoms in total. The van der Waals surface area contributed by atoms with E-state index in [2.05, 4.69) is 4.98 Å². The van der Waals surface area contributed by atoms with E-state index in [1.807, 2.05) is 87.6 Å². The first-order valence-corrected chi connectivity index (χ1v) is 9.63. The standard InChI is InChI=1S/C22H19N3OS/c26-21(12-11-20-15-23-22-25(20)13-14-27-22)24(16-18-7-3-1-4-8-18)17-19-9-5-2-6-10-19/h1-15H,16-17H2/b12-11+. The van der Waals surface area contributed by atoms with Gasteiger partial charge in [-0.15, -0.1) is 11.3 Å². The van der Waals surface area contributed by atoms with Crippen LogP contribution in [0.25, 0.3) is 11.0 Å². The maximum absolute atomic E-state index is 12.9. The first-order chi connectivity index (χ1) is 13.3. The van der Waals surface area contributed by atoms with Gasteiger partial charge in [-0.25, -0.2) is 4.98 Å². The highest BCUT2D eigenvalue weighted by molar-refractivity contribution is 7.15. The lowest BCUT2D eigenvalue weighted by Gasteiger charge is -2.21. The Morgan fingerprint density at radius 2 is 1.63 bits per heavy atom. The molecule has 0 atom stereocenters. The van der Waals surface area contributed by atoms with E-state index in [0.717, 1.165) is 21.8 Å². The summed E-state index contributed by atoms with van der Waals surface area (Å²) >= 11 is 1.57. The van der Waals surface area contributed by atoms with E-state index in [4.69, 9.17) is 0 Å². The van der Waals surface area contributed by atoms with Crippen LogP contribution >= 0.6 is 11.3 Å². The molecule has 2 heterocycles. The largest absolute Gasteiger partial charge is 0.331 e. The van der Waals surface area contributed by atoms with E-state index in [1.54, 1.807) is 23.6 Å². The minimum Gasteiger partial charge on any atom is -0.331 e. The third-order valence-corrected chi connectivity index (χ3v) is 5.09. The Labute approximate surface area is 162 Å². The molecule has 5 heteroatoms. The van der Waals surface area contributed by atoms with E-state index in [-0.39, 0.29) is 5.91 Å². The number of rotatable bonds is 6. The number of fused-ring (bicyclic) bond motifs is 1. The second-order valence-corrected chi connectivity index (χ2v) is 7.11. The fourth-order valence-electron chi connectivity index (χ4n) is 2.95. The average molecular weight is 373 g/mol. The number of hydrogen-bond acceptors (Lipinski definition) is 3. The van der Waals surface area contributed by atoms with Crippen molar-refractivity contribution in [3.63, 3.8) is 0 Å². The Hall–Kier alpha value is -3.18. The topological polar surface area (TPSA) is 37.6 Å². The first-order valence-electron chi connectivity index (χ1n) is 8.75. The minimum absolute atomic E-state index is 0.0205. The molecular weight excluding hydrogens is 354 g/mol. The second-order valence-electron chi connectivity index (χ2n) is 6.24. The number of imidazole rings is 1. The molecule has 4 aromatic rings. The van der Waals surface area contributed by atoms with Crippen molar-refractivity contribution >= 4 is 28.3 Å². The van der Waals surface area contributed by atoms with Gasteiger partial charge in [0.1, 0.15) is 0 Å². The zero-order valence-corrected chi connectivity index (χ0v) is 15.5. The van der Waals surface area contributed by atoms with Crippen LogP contribution in [-0.4, -0.2) is 20.2 Å². The monoisotopic (exact) mass is 373 g/mol. The Balaban J connectivity index is 1.55. The molecule has 0 bridgehead atoms. The van der Waals surface area contributed by atoms with Gasteiger partial charge in [0, 0.05) is 30.7 Å². The summed E-state index contributed by atoms with van der Waals surface area (Å²) in [5.74, 6) is -0.0205. The summed E-state index contributed by atoms with van der Waals surface area (Å²) in [6.45, 7) is 1.14. The van der Waals surface area contributed by atoms with E-state index in [9.17, 15) is 4.79 Å². The maximum atomic E-state index is 12.9. The number of carbonyl (C=O) groups excluding carboxylic acids is 1. The van der Waals surface area contributed by atoms with Crippen LogP contribution in [0.2, 0.25) is 0 Å². The Morgan fingerprint density at radius 3 is 2.26 bits per heavy atom. The lowest BCUT2D eigenvalue weighted by atomic mass is 10.1. The predicted octanol–water partition coefficient (Wildman–Crippen LogP) is 4.64. The fourth-order valence-corrected chi connectivity index (χ4v) is 3.65. The number of thiazole rings is 1. The van der Waals surface area contributed by atoms with Gasteiger partial charge in [0.05, 0.1) is 11.9 Å². The van der Waals surface area contributed by atoms with Crippen LogP contribution in [0.4, 0.5) is 0 Å². The van der Waals surface area contributed by atoms with Gasteiger partial charge in [-0.1, -0.05) is 60.7 Å². The maximum Gasteiger partial charge on any atom is 0.247 e. The Bertz CT molecular complexity index is 1010. The van der Waals surface area contributed by atoms with Crippen molar-refractivity contribution in [3.8, 4) is 0 Å². The second kappa shape index (κ2) is 8.01. The lowest BCUT2D eigenvalue weighted by molar-refractivity contribution is -0.127. The molecule has 4 rings (SSSR count). The molecule has 0 fully saturated rings. The third kappa shape index (κ3) is 4.15. The minimum atomic E-state index is -0.0205. The van der Waals surface area contributed by atoms with Crippen molar-refractivity contribution in [2.45, 2.75) is 13.1 Å². The van der Waals surface area contributed by atoms with Crippen molar-refractivity contribution in [1.82, 2.24) is 14.3 Å². The van der Waals surface area contributed by atoms with Crippen LogP contribution in [0.5, 0.6) is 0 Å². The van der Waals surface area contributed by atoms with Crippen molar-refractivity contribution in [2.75, 3.05) is 0 Å². The molecule has 0 saturated carbocycles. The summed E-state index contributed by atoms with van der Waals surface area (Å²) < 4.78 is 1.98. The van der Waals surface area contributed by atoms with Crippen LogP contribution < -0.4 is 0 Å². The van der Waals surface area contributed by atoms with E-state index < -0.39 is 0 Å². The quantitative estimate of drug-likeness (QED) is 0.462. The molecule has 0 aliphatic carbocycles. The lowest BCUT2D eigenvalue weighted by Crippen LogP contribution is -2.28. The SMILES string of the molecule is O=C(/C=C/c1cnc2sccn12)N(Cc1ccccc1)Cc1ccccc1. The van der Waals surface area contributed by atoms with Crippen LogP contribution in [0.1, 0.15) is 16.8 Å². The van der Waals surface area contributed by atoms with E-state index in [0.29, 0.717) is 13.1 Å². The highest BCUT2D eigenvalue weighted by Crippen LogP contribution is 2.15. The van der Waals surface area contributed by atoms with Gasteiger partial charge in [0.15, 0.2) is 4.96 Å². The molecule has 0 radical (unpaired) electrons. The summed E-state index contributed by atoms with van der Waals surface area (Å²) in [6, 6.07) is 20.1. The van der Waals surface area contributed by atoms with Crippen LogP contribution in [-0.2, 0) is 17.9 Å².